The summed E-state index contributed by atoms with van der Waals surface area (Å²) in [6.07, 6.45) is 6.23. The average molecular weight is 617 g/mol. The Labute approximate surface area is 267 Å². The largest absolute Gasteiger partial charge is 0.482 e. The Kier molecular flexibility index (Phi) is 10.1. The highest BCUT2D eigenvalue weighted by atomic mass is 35.5. The number of carboxylic acid groups (broad SMARTS) is 1. The summed E-state index contributed by atoms with van der Waals surface area (Å²) in [4.78, 5) is 11.5. The third-order valence-corrected chi connectivity index (χ3v) is 10.0. The lowest BCUT2D eigenvalue weighted by atomic mass is 9.72. The number of benzene rings is 3. The van der Waals surface area contributed by atoms with Gasteiger partial charge < -0.3 is 19.3 Å². The van der Waals surface area contributed by atoms with E-state index < -0.39 is 12.6 Å². The van der Waals surface area contributed by atoms with Crippen LogP contribution in [0.1, 0.15) is 94.9 Å². The smallest absolute Gasteiger partial charge is 0.341 e. The molecule has 1 heterocycles. The first-order chi connectivity index (χ1) is 21.1. The second kappa shape index (κ2) is 13.8. The highest BCUT2D eigenvalue weighted by Gasteiger charge is 2.44. The molecule has 0 bridgehead atoms. The molecule has 5 nitrogen and oxygen atoms in total. The van der Waals surface area contributed by atoms with Crippen LogP contribution in [0.5, 0.6) is 17.2 Å². The molecule has 44 heavy (non-hydrogen) atoms. The van der Waals surface area contributed by atoms with E-state index in [4.69, 9.17) is 25.8 Å². The summed E-state index contributed by atoms with van der Waals surface area (Å²) in [5.41, 5.74) is 4.38. The van der Waals surface area contributed by atoms with Crippen LogP contribution in [0.4, 0.5) is 0 Å². The minimum absolute atomic E-state index is 0.00522. The Balaban J connectivity index is 1.51. The summed E-state index contributed by atoms with van der Waals surface area (Å²) in [6.45, 7) is 12.7. The van der Waals surface area contributed by atoms with Gasteiger partial charge >= 0.3 is 5.97 Å². The van der Waals surface area contributed by atoms with Crippen molar-refractivity contribution >= 4 is 17.6 Å². The first-order valence-electron chi connectivity index (χ1n) is 15.9. The van der Waals surface area contributed by atoms with E-state index in [2.05, 4.69) is 51.6 Å². The number of carboxylic acids is 1. The minimum atomic E-state index is -1.03. The van der Waals surface area contributed by atoms with Crippen LogP contribution in [0.2, 0.25) is 5.02 Å². The van der Waals surface area contributed by atoms with E-state index in [0.29, 0.717) is 17.4 Å². The summed E-state index contributed by atoms with van der Waals surface area (Å²) in [7, 11) is 0. The lowest BCUT2D eigenvalue weighted by Gasteiger charge is -2.45. The first-order valence-corrected chi connectivity index (χ1v) is 16.3. The third-order valence-electron chi connectivity index (χ3n) is 9.76. The molecule has 0 spiro atoms. The van der Waals surface area contributed by atoms with E-state index in [1.54, 1.807) is 6.07 Å². The third kappa shape index (κ3) is 7.33. The fourth-order valence-corrected chi connectivity index (χ4v) is 6.92. The monoisotopic (exact) mass is 616 g/mol. The molecule has 2 aliphatic rings. The summed E-state index contributed by atoms with van der Waals surface area (Å²) in [6, 6.07) is 22.0. The van der Waals surface area contributed by atoms with E-state index in [-0.39, 0.29) is 29.5 Å². The predicted molar refractivity (Wildman–Crippen MR) is 176 cm³/mol. The van der Waals surface area contributed by atoms with Gasteiger partial charge in [-0.2, -0.15) is 0 Å². The van der Waals surface area contributed by atoms with Gasteiger partial charge in [0.1, 0.15) is 17.2 Å². The van der Waals surface area contributed by atoms with Crippen molar-refractivity contribution in [3.63, 3.8) is 0 Å². The van der Waals surface area contributed by atoms with Crippen molar-refractivity contribution in [3.8, 4) is 17.2 Å². The molecule has 0 amide bonds. The van der Waals surface area contributed by atoms with Gasteiger partial charge in [-0.3, -0.25) is 0 Å². The van der Waals surface area contributed by atoms with Crippen molar-refractivity contribution in [3.05, 3.63) is 101 Å². The quantitative estimate of drug-likeness (QED) is 0.217. The van der Waals surface area contributed by atoms with E-state index in [1.807, 2.05) is 43.3 Å². The zero-order valence-corrected chi connectivity index (χ0v) is 27.1. The maximum atomic E-state index is 11.5. The topological polar surface area (TPSA) is 65.0 Å². The molecule has 0 unspecified atom stereocenters. The van der Waals surface area contributed by atoms with Crippen LogP contribution in [-0.2, 0) is 14.9 Å². The number of hydrogen-bond acceptors (Lipinski definition) is 4. The first kappa shape index (κ1) is 32.1. The van der Waals surface area contributed by atoms with Crippen LogP contribution < -0.4 is 9.47 Å². The average Bonchev–Trinajstić information content (AvgIpc) is 3.55. The van der Waals surface area contributed by atoms with Gasteiger partial charge in [0, 0.05) is 22.4 Å². The molecule has 4 atom stereocenters. The van der Waals surface area contributed by atoms with E-state index >= 15 is 0 Å². The van der Waals surface area contributed by atoms with Gasteiger partial charge in [-0.25, -0.2) is 4.79 Å². The molecule has 6 heteroatoms. The van der Waals surface area contributed by atoms with Crippen molar-refractivity contribution in [2.45, 2.75) is 89.8 Å². The Morgan fingerprint density at radius 3 is 2.30 bits per heavy atom. The van der Waals surface area contributed by atoms with Crippen LogP contribution in [0.3, 0.4) is 0 Å². The number of aliphatic carboxylic acids is 1. The van der Waals surface area contributed by atoms with Gasteiger partial charge in [0.25, 0.3) is 0 Å². The Morgan fingerprint density at radius 1 is 1.02 bits per heavy atom. The summed E-state index contributed by atoms with van der Waals surface area (Å²) in [5.74, 6) is 1.47. The van der Waals surface area contributed by atoms with Crippen LogP contribution in [0.25, 0.3) is 0 Å². The Bertz CT molecular complexity index is 1440. The lowest BCUT2D eigenvalue weighted by molar-refractivity contribution is -0.139. The van der Waals surface area contributed by atoms with E-state index in [9.17, 15) is 9.90 Å². The van der Waals surface area contributed by atoms with E-state index in [0.717, 1.165) is 47.6 Å². The highest BCUT2D eigenvalue weighted by Crippen LogP contribution is 2.52. The fraction of sp³-hybridized carbons (Fsp3) is 0.447. The van der Waals surface area contributed by atoms with Crippen LogP contribution in [0, 0.1) is 11.8 Å². The van der Waals surface area contributed by atoms with Gasteiger partial charge in [-0.1, -0.05) is 81.6 Å². The predicted octanol–water partition coefficient (Wildman–Crippen LogP) is 10.3. The SMILES string of the molecule is C=C(C)[C@@H]1C[C@@H](c2ccc(Cl)cc2)[C@@H](C2CCCC2)O[C@H]1c1cc(Oc2ccc(C(C)(C)CC)cc2)ccc1OCC(=O)O. The van der Waals surface area contributed by atoms with Crippen molar-refractivity contribution < 1.29 is 24.1 Å². The van der Waals surface area contributed by atoms with Crippen molar-refractivity contribution in [2.24, 2.45) is 11.8 Å². The van der Waals surface area contributed by atoms with Gasteiger partial charge in [-0.05, 0) is 97.5 Å². The molecule has 1 aliphatic carbocycles. The molecule has 234 valence electrons. The van der Waals surface area contributed by atoms with Crippen molar-refractivity contribution in [1.82, 2.24) is 0 Å². The maximum Gasteiger partial charge on any atom is 0.341 e. The van der Waals surface area contributed by atoms with Gasteiger partial charge in [-0.15, -0.1) is 0 Å². The zero-order valence-electron chi connectivity index (χ0n) is 26.4. The summed E-state index contributed by atoms with van der Waals surface area (Å²) < 4.78 is 19.4. The molecule has 5 rings (SSSR count). The van der Waals surface area contributed by atoms with Crippen molar-refractivity contribution in [2.75, 3.05) is 6.61 Å². The molecular weight excluding hydrogens is 572 g/mol. The molecule has 0 radical (unpaired) electrons. The fourth-order valence-electron chi connectivity index (χ4n) is 6.80. The molecule has 0 aromatic heterocycles. The van der Waals surface area contributed by atoms with Gasteiger partial charge in [0.05, 0.1) is 12.2 Å². The normalized spacial score (nSPS) is 22.5. The Morgan fingerprint density at radius 2 is 1.68 bits per heavy atom. The molecular formula is C38H45ClO5. The molecule has 2 fully saturated rings. The molecule has 3 aromatic carbocycles. The highest BCUT2D eigenvalue weighted by molar-refractivity contribution is 6.30. The lowest BCUT2D eigenvalue weighted by Crippen LogP contribution is -2.40. The molecule has 3 aromatic rings. The van der Waals surface area contributed by atoms with E-state index in [1.165, 1.54) is 24.0 Å². The Hall–Kier alpha value is -3.28. The standard InChI is InChI=1S/C38H45ClO5/c1-6-38(4,5)27-13-17-29(18-14-27)43-30-19-20-34(42-23-35(40)41)33(21-30)37-31(24(2)3)22-32(25-11-15-28(39)16-12-25)36(44-37)26-9-7-8-10-26/h11-21,26,31-32,36-37H,2,6-10,22-23H2,1,3-5H3,(H,40,41)/t31-,32-,36+,37+/m0/s1. The van der Waals surface area contributed by atoms with Gasteiger partial charge in [0.2, 0.25) is 0 Å². The summed E-state index contributed by atoms with van der Waals surface area (Å²) in [5, 5.41) is 10.1. The second-order valence-corrected chi connectivity index (χ2v) is 13.6. The second-order valence-electron chi connectivity index (χ2n) is 13.2. The number of halogens is 1. The van der Waals surface area contributed by atoms with Gasteiger partial charge in [0.15, 0.2) is 6.61 Å². The zero-order chi connectivity index (χ0) is 31.4. The molecule has 1 saturated carbocycles. The number of carbonyl (C=O) groups is 1. The number of rotatable bonds is 11. The minimum Gasteiger partial charge on any atom is -0.482 e. The van der Waals surface area contributed by atoms with Crippen molar-refractivity contribution in [1.29, 1.82) is 0 Å². The van der Waals surface area contributed by atoms with Crippen LogP contribution >= 0.6 is 11.6 Å². The molecule has 1 N–H and O–H groups in total. The summed E-state index contributed by atoms with van der Waals surface area (Å²) >= 11 is 6.26. The number of ether oxygens (including phenoxy) is 3. The maximum absolute atomic E-state index is 11.5. The van der Waals surface area contributed by atoms with Crippen LogP contribution in [-0.4, -0.2) is 23.8 Å². The molecule has 1 aliphatic heterocycles. The molecule has 1 saturated heterocycles. The van der Waals surface area contributed by atoms with Crippen LogP contribution in [0.15, 0.2) is 78.9 Å². The number of hydrogen-bond donors (Lipinski definition) is 1.